The molecule has 2 heterocycles. The predicted octanol–water partition coefficient (Wildman–Crippen LogP) is 4.67. The van der Waals surface area contributed by atoms with Crippen LogP contribution in [0.1, 0.15) is 21.5 Å². The van der Waals surface area contributed by atoms with Gasteiger partial charge in [-0.05, 0) is 55.0 Å². The molecule has 0 saturated carbocycles. The molecule has 0 radical (unpaired) electrons. The first-order chi connectivity index (χ1) is 13.6. The monoisotopic (exact) mass is 371 g/mol. The molecule has 5 heteroatoms. The maximum atomic E-state index is 13.4. The Labute approximate surface area is 162 Å². The molecule has 4 rings (SSSR count). The third kappa shape index (κ3) is 3.74. The van der Waals surface area contributed by atoms with Crippen molar-refractivity contribution in [3.63, 3.8) is 0 Å². The van der Waals surface area contributed by atoms with Crippen LogP contribution in [-0.2, 0) is 6.54 Å². The third-order valence-electron chi connectivity index (χ3n) is 4.51. The third-order valence-corrected chi connectivity index (χ3v) is 4.51. The highest BCUT2D eigenvalue weighted by Gasteiger charge is 2.14. The van der Waals surface area contributed by atoms with Crippen molar-refractivity contribution in [2.45, 2.75) is 13.5 Å². The average molecular weight is 371 g/mol. The zero-order valence-electron chi connectivity index (χ0n) is 15.3. The van der Waals surface area contributed by atoms with E-state index in [4.69, 9.17) is 0 Å². The number of amides is 1. The summed E-state index contributed by atoms with van der Waals surface area (Å²) in [6.45, 7) is 2.22. The molecule has 0 aliphatic rings. The number of nitrogens with zero attached hydrogens (tertiary/aromatic N) is 2. The molecule has 2 aromatic carbocycles. The van der Waals surface area contributed by atoms with Gasteiger partial charge >= 0.3 is 0 Å². The van der Waals surface area contributed by atoms with E-state index >= 15 is 0 Å². The lowest BCUT2D eigenvalue weighted by molar-refractivity contribution is 0.0952. The van der Waals surface area contributed by atoms with Gasteiger partial charge < -0.3 is 5.32 Å². The van der Waals surface area contributed by atoms with E-state index in [1.807, 2.05) is 37.3 Å². The summed E-state index contributed by atoms with van der Waals surface area (Å²) in [6, 6.07) is 17.5. The molecule has 0 unspecified atom stereocenters. The number of benzene rings is 2. The molecule has 4 nitrogen and oxygen atoms in total. The lowest BCUT2D eigenvalue weighted by atomic mass is 10.0. The Morgan fingerprint density at radius 1 is 1.07 bits per heavy atom. The van der Waals surface area contributed by atoms with Crippen LogP contribution in [0.5, 0.6) is 0 Å². The molecule has 138 valence electrons. The first-order valence-electron chi connectivity index (χ1n) is 8.94. The molecule has 0 fully saturated rings. The second-order valence-electron chi connectivity index (χ2n) is 6.63. The van der Waals surface area contributed by atoms with E-state index in [0.29, 0.717) is 16.8 Å². The van der Waals surface area contributed by atoms with Gasteiger partial charge in [-0.15, -0.1) is 0 Å². The first kappa shape index (κ1) is 17.8. The lowest BCUT2D eigenvalue weighted by Gasteiger charge is -2.11. The van der Waals surface area contributed by atoms with Crippen LogP contribution in [0.15, 0.2) is 73.1 Å². The van der Waals surface area contributed by atoms with Crippen molar-refractivity contribution >= 4 is 16.8 Å². The zero-order chi connectivity index (χ0) is 19.5. The van der Waals surface area contributed by atoms with Gasteiger partial charge in [0.2, 0.25) is 0 Å². The van der Waals surface area contributed by atoms with Gasteiger partial charge in [0, 0.05) is 29.9 Å². The fourth-order valence-electron chi connectivity index (χ4n) is 3.11. The quantitative estimate of drug-likeness (QED) is 0.567. The number of carbonyl (C=O) groups is 1. The van der Waals surface area contributed by atoms with E-state index < -0.39 is 0 Å². The maximum Gasteiger partial charge on any atom is 0.252 e. The summed E-state index contributed by atoms with van der Waals surface area (Å²) >= 11 is 0. The number of hydrogen-bond acceptors (Lipinski definition) is 3. The molecule has 0 atom stereocenters. The standard InChI is InChI=1S/C23H18FN3O/c1-15-7-8-21-19(10-15)20(12-22(27-21)17-5-3-9-25-14-17)23(28)26-13-16-4-2-6-18(24)11-16/h2-12,14H,13H2,1H3,(H,26,28). The summed E-state index contributed by atoms with van der Waals surface area (Å²) in [4.78, 5) is 21.8. The van der Waals surface area contributed by atoms with Crippen LogP contribution in [0.2, 0.25) is 0 Å². The van der Waals surface area contributed by atoms with Gasteiger partial charge in [0.05, 0.1) is 16.8 Å². The van der Waals surface area contributed by atoms with Crippen LogP contribution in [-0.4, -0.2) is 15.9 Å². The second-order valence-corrected chi connectivity index (χ2v) is 6.63. The Balaban J connectivity index is 1.73. The van der Waals surface area contributed by atoms with Crippen LogP contribution >= 0.6 is 0 Å². The van der Waals surface area contributed by atoms with Crippen LogP contribution in [0.4, 0.5) is 4.39 Å². The normalized spacial score (nSPS) is 10.8. The van der Waals surface area contributed by atoms with Gasteiger partial charge in [0.25, 0.3) is 5.91 Å². The first-order valence-corrected chi connectivity index (χ1v) is 8.94. The van der Waals surface area contributed by atoms with Crippen LogP contribution in [0.25, 0.3) is 22.2 Å². The molecule has 0 spiro atoms. The minimum absolute atomic E-state index is 0.229. The van der Waals surface area contributed by atoms with E-state index in [2.05, 4.69) is 15.3 Å². The van der Waals surface area contributed by atoms with E-state index in [-0.39, 0.29) is 18.3 Å². The summed E-state index contributed by atoms with van der Waals surface area (Å²) in [5, 5.41) is 3.67. The molecular weight excluding hydrogens is 353 g/mol. The number of fused-ring (bicyclic) bond motifs is 1. The summed E-state index contributed by atoms with van der Waals surface area (Å²) in [7, 11) is 0. The largest absolute Gasteiger partial charge is 0.348 e. The number of aromatic nitrogens is 2. The fourth-order valence-corrected chi connectivity index (χ4v) is 3.11. The van der Waals surface area contributed by atoms with Crippen LogP contribution in [0, 0.1) is 12.7 Å². The molecule has 0 aliphatic heterocycles. The van der Waals surface area contributed by atoms with Crippen LogP contribution < -0.4 is 5.32 Å². The number of pyridine rings is 2. The summed E-state index contributed by atoms with van der Waals surface area (Å²) in [5.74, 6) is -0.553. The van der Waals surface area contributed by atoms with E-state index in [1.165, 1.54) is 12.1 Å². The van der Waals surface area contributed by atoms with Gasteiger partial charge in [-0.2, -0.15) is 0 Å². The average Bonchev–Trinajstić information content (AvgIpc) is 2.72. The van der Waals surface area contributed by atoms with Gasteiger partial charge in [-0.1, -0.05) is 23.8 Å². The molecule has 28 heavy (non-hydrogen) atoms. The van der Waals surface area contributed by atoms with Crippen molar-refractivity contribution in [1.82, 2.24) is 15.3 Å². The van der Waals surface area contributed by atoms with E-state index in [1.54, 1.807) is 30.6 Å². The number of hydrogen-bond donors (Lipinski definition) is 1. The molecule has 0 saturated heterocycles. The van der Waals surface area contributed by atoms with Crippen molar-refractivity contribution in [2.75, 3.05) is 0 Å². The van der Waals surface area contributed by atoms with Gasteiger partial charge in [-0.25, -0.2) is 9.37 Å². The number of rotatable bonds is 4. The molecule has 1 N–H and O–H groups in total. The summed E-state index contributed by atoms with van der Waals surface area (Å²) in [6.07, 6.45) is 3.41. The van der Waals surface area contributed by atoms with Crippen molar-refractivity contribution in [3.8, 4) is 11.3 Å². The topological polar surface area (TPSA) is 54.9 Å². The lowest BCUT2D eigenvalue weighted by Crippen LogP contribution is -2.23. The maximum absolute atomic E-state index is 13.4. The molecule has 4 aromatic rings. The molecule has 0 bridgehead atoms. The van der Waals surface area contributed by atoms with Crippen molar-refractivity contribution in [1.29, 1.82) is 0 Å². The Bertz CT molecular complexity index is 1160. The summed E-state index contributed by atoms with van der Waals surface area (Å²) in [5.41, 5.74) is 4.54. The number of halogens is 1. The Hall–Kier alpha value is -3.60. The highest BCUT2D eigenvalue weighted by Crippen LogP contribution is 2.25. The predicted molar refractivity (Wildman–Crippen MR) is 107 cm³/mol. The van der Waals surface area contributed by atoms with E-state index in [9.17, 15) is 9.18 Å². The van der Waals surface area contributed by atoms with Crippen molar-refractivity contribution in [3.05, 3.63) is 95.6 Å². The van der Waals surface area contributed by atoms with Gasteiger partial charge in [-0.3, -0.25) is 9.78 Å². The van der Waals surface area contributed by atoms with Crippen molar-refractivity contribution in [2.24, 2.45) is 0 Å². The molecular formula is C23H18FN3O. The Morgan fingerprint density at radius 2 is 1.96 bits per heavy atom. The van der Waals surface area contributed by atoms with Crippen LogP contribution in [0.3, 0.4) is 0 Å². The van der Waals surface area contributed by atoms with E-state index in [0.717, 1.165) is 22.0 Å². The summed E-state index contributed by atoms with van der Waals surface area (Å²) < 4.78 is 13.4. The van der Waals surface area contributed by atoms with Gasteiger partial charge in [0.15, 0.2) is 0 Å². The molecule has 0 aliphatic carbocycles. The fraction of sp³-hybridized carbons (Fsp3) is 0.0870. The minimum atomic E-state index is -0.324. The highest BCUT2D eigenvalue weighted by molar-refractivity contribution is 6.07. The number of aryl methyl sites for hydroxylation is 1. The second kappa shape index (κ2) is 7.56. The van der Waals surface area contributed by atoms with Gasteiger partial charge in [0.1, 0.15) is 5.82 Å². The smallest absolute Gasteiger partial charge is 0.252 e. The minimum Gasteiger partial charge on any atom is -0.348 e. The SMILES string of the molecule is Cc1ccc2nc(-c3cccnc3)cc(C(=O)NCc3cccc(F)c3)c2c1. The Morgan fingerprint density at radius 3 is 2.75 bits per heavy atom. The molecule has 1 amide bonds. The zero-order valence-corrected chi connectivity index (χ0v) is 15.3. The van der Waals surface area contributed by atoms with Crippen molar-refractivity contribution < 1.29 is 9.18 Å². The number of nitrogens with one attached hydrogen (secondary N) is 1. The number of carbonyl (C=O) groups excluding carboxylic acids is 1. The Kier molecular flexibility index (Phi) is 4.81. The molecule has 2 aromatic heterocycles. The highest BCUT2D eigenvalue weighted by atomic mass is 19.1.